The van der Waals surface area contributed by atoms with Crippen molar-refractivity contribution in [1.82, 2.24) is 10.6 Å². The van der Waals surface area contributed by atoms with E-state index in [1.165, 1.54) is 12.1 Å². The Morgan fingerprint density at radius 3 is 2.33 bits per heavy atom. The molecule has 1 saturated heterocycles. The van der Waals surface area contributed by atoms with E-state index in [9.17, 15) is 13.2 Å². The third-order valence-electron chi connectivity index (χ3n) is 3.99. The Hall–Kier alpha value is -1.40. The maximum absolute atomic E-state index is 12.2. The fourth-order valence-corrected chi connectivity index (χ4v) is 3.24. The van der Waals surface area contributed by atoms with E-state index in [-0.39, 0.29) is 16.8 Å². The van der Waals surface area contributed by atoms with Crippen molar-refractivity contribution in [2.45, 2.75) is 30.7 Å². The molecule has 0 radical (unpaired) electrons. The van der Waals surface area contributed by atoms with E-state index < -0.39 is 9.84 Å². The minimum atomic E-state index is -3.22. The van der Waals surface area contributed by atoms with E-state index in [1.807, 2.05) is 6.92 Å². The summed E-state index contributed by atoms with van der Waals surface area (Å²) in [4.78, 5) is 12.4. The number of carbonyl (C=O) groups excluding carboxylic acids is 1. The number of piperidine rings is 1. The van der Waals surface area contributed by atoms with Gasteiger partial charge in [-0.05, 0) is 63.0 Å². The molecule has 2 rings (SSSR count). The smallest absolute Gasteiger partial charge is 0.251 e. The minimum Gasteiger partial charge on any atom is -0.349 e. The lowest BCUT2D eigenvalue weighted by molar-refractivity contribution is 0.0920. The summed E-state index contributed by atoms with van der Waals surface area (Å²) < 4.78 is 22.8. The van der Waals surface area contributed by atoms with Crippen LogP contribution in [0.25, 0.3) is 0 Å². The van der Waals surface area contributed by atoms with Gasteiger partial charge < -0.3 is 10.6 Å². The molecule has 0 aromatic heterocycles. The summed E-state index contributed by atoms with van der Waals surface area (Å²) in [6, 6.07) is 6.18. The number of carbonyl (C=O) groups is 1. The topological polar surface area (TPSA) is 75.3 Å². The van der Waals surface area contributed by atoms with Crippen molar-refractivity contribution >= 4 is 15.7 Å². The van der Waals surface area contributed by atoms with Gasteiger partial charge in [-0.2, -0.15) is 0 Å². The second kappa shape index (κ2) is 6.58. The lowest BCUT2D eigenvalue weighted by Gasteiger charge is -2.28. The molecule has 1 aliphatic rings. The quantitative estimate of drug-likeness (QED) is 0.876. The zero-order chi connectivity index (χ0) is 15.5. The Morgan fingerprint density at radius 2 is 1.81 bits per heavy atom. The molecular weight excluding hydrogens is 288 g/mol. The van der Waals surface area contributed by atoms with E-state index in [4.69, 9.17) is 0 Å². The molecule has 1 aromatic carbocycles. The molecule has 1 heterocycles. The first kappa shape index (κ1) is 16.0. The predicted molar refractivity (Wildman–Crippen MR) is 82.1 cm³/mol. The largest absolute Gasteiger partial charge is 0.349 e. The van der Waals surface area contributed by atoms with Gasteiger partial charge in [-0.15, -0.1) is 0 Å². The molecule has 21 heavy (non-hydrogen) atoms. The second-order valence-corrected chi connectivity index (χ2v) is 7.66. The lowest BCUT2D eigenvalue weighted by Crippen LogP contribution is -2.42. The molecule has 6 heteroatoms. The van der Waals surface area contributed by atoms with Crippen LogP contribution < -0.4 is 10.6 Å². The Labute approximate surface area is 126 Å². The maximum Gasteiger partial charge on any atom is 0.251 e. The molecule has 1 aromatic rings. The third kappa shape index (κ3) is 4.28. The van der Waals surface area contributed by atoms with Crippen LogP contribution in [0.1, 0.15) is 30.1 Å². The van der Waals surface area contributed by atoms with E-state index >= 15 is 0 Å². The van der Waals surface area contributed by atoms with Crippen molar-refractivity contribution in [3.63, 3.8) is 0 Å². The Bertz CT molecular complexity index is 590. The van der Waals surface area contributed by atoms with E-state index in [1.54, 1.807) is 12.1 Å². The highest BCUT2D eigenvalue weighted by Gasteiger charge is 2.21. The van der Waals surface area contributed by atoms with Crippen molar-refractivity contribution < 1.29 is 13.2 Å². The fourth-order valence-electron chi connectivity index (χ4n) is 2.61. The Balaban J connectivity index is 1.99. The second-order valence-electron chi connectivity index (χ2n) is 5.65. The molecule has 1 amide bonds. The summed E-state index contributed by atoms with van der Waals surface area (Å²) in [5.74, 6) is 0.339. The van der Waals surface area contributed by atoms with Crippen molar-refractivity contribution in [2.24, 2.45) is 5.92 Å². The fraction of sp³-hybridized carbons (Fsp3) is 0.533. The molecule has 0 aliphatic carbocycles. The van der Waals surface area contributed by atoms with E-state index in [2.05, 4.69) is 10.6 Å². The zero-order valence-electron chi connectivity index (χ0n) is 12.4. The first-order valence-corrected chi connectivity index (χ1v) is 9.09. The van der Waals surface area contributed by atoms with Gasteiger partial charge in [0.15, 0.2) is 9.84 Å². The average Bonchev–Trinajstić information content (AvgIpc) is 2.47. The lowest BCUT2D eigenvalue weighted by atomic mass is 9.91. The van der Waals surface area contributed by atoms with Crippen LogP contribution in [0.4, 0.5) is 0 Å². The van der Waals surface area contributed by atoms with Gasteiger partial charge in [0, 0.05) is 17.9 Å². The molecule has 0 saturated carbocycles. The van der Waals surface area contributed by atoms with Gasteiger partial charge in [0.25, 0.3) is 5.91 Å². The van der Waals surface area contributed by atoms with Gasteiger partial charge in [0.1, 0.15) is 0 Å². The number of sulfone groups is 1. The highest BCUT2D eigenvalue weighted by Crippen LogP contribution is 2.17. The van der Waals surface area contributed by atoms with Gasteiger partial charge >= 0.3 is 0 Å². The van der Waals surface area contributed by atoms with Crippen LogP contribution in [0, 0.1) is 5.92 Å². The molecular formula is C15H22N2O3S. The van der Waals surface area contributed by atoms with Crippen molar-refractivity contribution in [2.75, 3.05) is 19.3 Å². The van der Waals surface area contributed by atoms with Gasteiger partial charge in [-0.1, -0.05) is 0 Å². The molecule has 116 valence electrons. The number of hydrogen-bond donors (Lipinski definition) is 2. The summed E-state index contributed by atoms with van der Waals surface area (Å²) in [5.41, 5.74) is 0.489. The molecule has 5 nitrogen and oxygen atoms in total. The van der Waals surface area contributed by atoms with E-state index in [0.717, 1.165) is 32.2 Å². The Kier molecular flexibility index (Phi) is 5.00. The molecule has 1 fully saturated rings. The van der Waals surface area contributed by atoms with Crippen molar-refractivity contribution in [3.8, 4) is 0 Å². The number of hydrogen-bond acceptors (Lipinski definition) is 4. The monoisotopic (exact) mass is 310 g/mol. The summed E-state index contributed by atoms with van der Waals surface area (Å²) in [7, 11) is -3.22. The van der Waals surface area contributed by atoms with Crippen LogP contribution in [-0.4, -0.2) is 39.7 Å². The maximum atomic E-state index is 12.2. The van der Waals surface area contributed by atoms with Gasteiger partial charge in [0.2, 0.25) is 0 Å². The van der Waals surface area contributed by atoms with Crippen LogP contribution in [0.3, 0.4) is 0 Å². The molecule has 2 N–H and O–H groups in total. The normalized spacial score (nSPS) is 18.2. The molecule has 0 bridgehead atoms. The number of nitrogens with one attached hydrogen (secondary N) is 2. The predicted octanol–water partition coefficient (Wildman–Crippen LogP) is 1.21. The standard InChI is InChI=1S/C15H22N2O3S/c1-11(12-7-9-16-10-8-12)17-15(18)13-3-5-14(6-4-13)21(2,19)20/h3-6,11-12,16H,7-10H2,1-2H3,(H,17,18). The van der Waals surface area contributed by atoms with Crippen molar-refractivity contribution in [3.05, 3.63) is 29.8 Å². The van der Waals surface area contributed by atoms with Crippen LogP contribution in [0.2, 0.25) is 0 Å². The van der Waals surface area contributed by atoms with Crippen molar-refractivity contribution in [1.29, 1.82) is 0 Å². The summed E-state index contributed by atoms with van der Waals surface area (Å²) in [6.07, 6.45) is 3.28. The van der Waals surface area contributed by atoms with Crippen LogP contribution in [0.15, 0.2) is 29.2 Å². The SMILES string of the molecule is CC(NC(=O)c1ccc(S(C)(=O)=O)cc1)C1CCNCC1. The van der Waals surface area contributed by atoms with Crippen LogP contribution in [-0.2, 0) is 9.84 Å². The molecule has 1 aliphatic heterocycles. The van der Waals surface area contributed by atoms with Crippen LogP contribution >= 0.6 is 0 Å². The van der Waals surface area contributed by atoms with Crippen LogP contribution in [0.5, 0.6) is 0 Å². The first-order chi connectivity index (χ1) is 9.88. The number of amides is 1. The van der Waals surface area contributed by atoms with E-state index in [0.29, 0.717) is 11.5 Å². The minimum absolute atomic E-state index is 0.120. The molecule has 0 spiro atoms. The summed E-state index contributed by atoms with van der Waals surface area (Å²) >= 11 is 0. The average molecular weight is 310 g/mol. The zero-order valence-corrected chi connectivity index (χ0v) is 13.2. The number of benzene rings is 1. The number of rotatable bonds is 4. The third-order valence-corrected chi connectivity index (χ3v) is 5.12. The summed E-state index contributed by atoms with van der Waals surface area (Å²) in [5, 5.41) is 6.31. The highest BCUT2D eigenvalue weighted by atomic mass is 32.2. The highest BCUT2D eigenvalue weighted by molar-refractivity contribution is 7.90. The first-order valence-electron chi connectivity index (χ1n) is 7.19. The Morgan fingerprint density at radius 1 is 1.24 bits per heavy atom. The van der Waals surface area contributed by atoms with Gasteiger partial charge in [-0.25, -0.2) is 8.42 Å². The van der Waals surface area contributed by atoms with Gasteiger partial charge in [0.05, 0.1) is 4.90 Å². The van der Waals surface area contributed by atoms with Gasteiger partial charge in [-0.3, -0.25) is 4.79 Å². The summed E-state index contributed by atoms with van der Waals surface area (Å²) in [6.45, 7) is 4.01. The molecule has 1 unspecified atom stereocenters. The molecule has 1 atom stereocenters.